The summed E-state index contributed by atoms with van der Waals surface area (Å²) in [4.78, 5) is 13.4. The Morgan fingerprint density at radius 3 is 2.62 bits per heavy atom. The van der Waals surface area contributed by atoms with Crippen LogP contribution in [0.15, 0.2) is 48.5 Å². The van der Waals surface area contributed by atoms with Crippen molar-refractivity contribution in [3.8, 4) is 11.5 Å². The molecule has 0 amide bonds. The number of carbonyl (C=O) groups is 1. The van der Waals surface area contributed by atoms with Gasteiger partial charge in [-0.15, -0.1) is 11.3 Å². The van der Waals surface area contributed by atoms with Crippen LogP contribution in [0.1, 0.15) is 15.2 Å². The summed E-state index contributed by atoms with van der Waals surface area (Å²) in [7, 11) is 0. The van der Waals surface area contributed by atoms with Crippen molar-refractivity contribution in [2.24, 2.45) is 0 Å². The Labute approximate surface area is 125 Å². The highest BCUT2D eigenvalue weighted by Crippen LogP contribution is 2.33. The number of thiophene rings is 1. The molecule has 104 valence electrons. The highest BCUT2D eigenvalue weighted by molar-refractivity contribution is 7.21. The van der Waals surface area contributed by atoms with E-state index in [2.05, 4.69) is 0 Å². The molecule has 3 aromatic rings. The average Bonchev–Trinajstić information content (AvgIpc) is 2.97. The lowest BCUT2D eigenvalue weighted by atomic mass is 10.1. The number of ether oxygens (including phenoxy) is 2. The Morgan fingerprint density at radius 2 is 1.76 bits per heavy atom. The van der Waals surface area contributed by atoms with Crippen LogP contribution in [0.3, 0.4) is 0 Å². The molecule has 1 aromatic heterocycles. The summed E-state index contributed by atoms with van der Waals surface area (Å²) in [5.74, 6) is 1.37. The van der Waals surface area contributed by atoms with Crippen molar-refractivity contribution >= 4 is 27.2 Å². The number of hydrogen-bond donors (Lipinski definition) is 0. The van der Waals surface area contributed by atoms with Gasteiger partial charge in [-0.1, -0.05) is 18.2 Å². The Bertz CT molecular complexity index is 802. The van der Waals surface area contributed by atoms with Gasteiger partial charge in [0.05, 0.1) is 4.88 Å². The number of ketones is 1. The number of carbonyl (C=O) groups excluding carboxylic acids is 1. The van der Waals surface area contributed by atoms with Crippen molar-refractivity contribution in [3.05, 3.63) is 59.0 Å². The summed E-state index contributed by atoms with van der Waals surface area (Å²) in [6.07, 6.45) is 0. The van der Waals surface area contributed by atoms with Gasteiger partial charge in [0.2, 0.25) is 5.78 Å². The number of benzene rings is 2. The summed E-state index contributed by atoms with van der Waals surface area (Å²) in [6, 6.07) is 15.3. The molecule has 0 radical (unpaired) electrons. The van der Waals surface area contributed by atoms with Crippen molar-refractivity contribution in [3.63, 3.8) is 0 Å². The van der Waals surface area contributed by atoms with Crippen LogP contribution in [0.25, 0.3) is 10.1 Å². The first kappa shape index (κ1) is 12.4. The lowest BCUT2D eigenvalue weighted by Gasteiger charge is -2.18. The molecular formula is C17H12O3S. The minimum atomic E-state index is 0.0215. The molecule has 4 heteroatoms. The van der Waals surface area contributed by atoms with Crippen LogP contribution in [-0.2, 0) is 0 Å². The molecule has 0 N–H and O–H groups in total. The lowest BCUT2D eigenvalue weighted by molar-refractivity contribution is 0.104. The zero-order valence-corrected chi connectivity index (χ0v) is 12.0. The molecule has 0 atom stereocenters. The van der Waals surface area contributed by atoms with Crippen LogP contribution >= 0.6 is 11.3 Å². The highest BCUT2D eigenvalue weighted by atomic mass is 32.1. The second-order valence-electron chi connectivity index (χ2n) is 4.84. The minimum absolute atomic E-state index is 0.0215. The van der Waals surface area contributed by atoms with Crippen molar-refractivity contribution < 1.29 is 14.3 Å². The zero-order chi connectivity index (χ0) is 14.2. The lowest BCUT2D eigenvalue weighted by Crippen LogP contribution is -2.15. The van der Waals surface area contributed by atoms with Gasteiger partial charge in [-0.25, -0.2) is 0 Å². The van der Waals surface area contributed by atoms with Gasteiger partial charge in [-0.3, -0.25) is 4.79 Å². The standard InChI is InChI=1S/C17H12O3S/c18-17(16-10-11-3-1-2-4-15(11)21-16)12-5-6-13-14(9-12)20-8-7-19-13/h1-6,9-10H,7-8H2. The maximum absolute atomic E-state index is 12.6. The monoisotopic (exact) mass is 296 g/mol. The fraction of sp³-hybridized carbons (Fsp3) is 0.118. The van der Waals surface area contributed by atoms with Gasteiger partial charge in [-0.2, -0.15) is 0 Å². The van der Waals surface area contributed by atoms with Gasteiger partial charge < -0.3 is 9.47 Å². The SMILES string of the molecule is O=C(c1ccc2c(c1)OCCO2)c1cc2ccccc2s1. The van der Waals surface area contributed by atoms with Gasteiger partial charge in [0, 0.05) is 10.3 Å². The minimum Gasteiger partial charge on any atom is -0.486 e. The Hall–Kier alpha value is -2.33. The third-order valence-corrected chi connectivity index (χ3v) is 4.57. The molecule has 1 aliphatic rings. The predicted octanol–water partition coefficient (Wildman–Crippen LogP) is 3.90. The van der Waals surface area contributed by atoms with E-state index in [9.17, 15) is 4.79 Å². The van der Waals surface area contributed by atoms with Gasteiger partial charge in [-0.05, 0) is 35.7 Å². The summed E-state index contributed by atoms with van der Waals surface area (Å²) in [6.45, 7) is 1.07. The Kier molecular flexibility index (Phi) is 2.89. The third kappa shape index (κ3) is 2.17. The molecule has 1 aliphatic heterocycles. The van der Waals surface area contributed by atoms with Gasteiger partial charge in [0.25, 0.3) is 0 Å². The summed E-state index contributed by atoms with van der Waals surface area (Å²) >= 11 is 1.52. The molecule has 0 aliphatic carbocycles. The van der Waals surface area contributed by atoms with Crippen molar-refractivity contribution in [2.75, 3.05) is 13.2 Å². The van der Waals surface area contributed by atoms with E-state index >= 15 is 0 Å². The van der Waals surface area contributed by atoms with Crippen molar-refractivity contribution in [1.29, 1.82) is 0 Å². The van der Waals surface area contributed by atoms with E-state index < -0.39 is 0 Å². The maximum atomic E-state index is 12.6. The molecule has 21 heavy (non-hydrogen) atoms. The highest BCUT2D eigenvalue weighted by Gasteiger charge is 2.17. The average molecular weight is 296 g/mol. The van der Waals surface area contributed by atoms with Crippen LogP contribution in [0, 0.1) is 0 Å². The molecule has 0 fully saturated rings. The van der Waals surface area contributed by atoms with E-state index in [-0.39, 0.29) is 5.78 Å². The second kappa shape index (κ2) is 4.90. The van der Waals surface area contributed by atoms with Crippen LogP contribution in [-0.4, -0.2) is 19.0 Å². The second-order valence-corrected chi connectivity index (χ2v) is 5.92. The largest absolute Gasteiger partial charge is 0.486 e. The molecule has 0 saturated carbocycles. The molecule has 4 rings (SSSR count). The molecule has 0 saturated heterocycles. The third-order valence-electron chi connectivity index (χ3n) is 3.45. The van der Waals surface area contributed by atoms with Crippen LogP contribution in [0.4, 0.5) is 0 Å². The van der Waals surface area contributed by atoms with E-state index in [0.717, 1.165) is 15.0 Å². The van der Waals surface area contributed by atoms with E-state index in [1.165, 1.54) is 11.3 Å². The van der Waals surface area contributed by atoms with E-state index in [1.807, 2.05) is 30.3 Å². The molecular weight excluding hydrogens is 284 g/mol. The molecule has 0 bridgehead atoms. The smallest absolute Gasteiger partial charge is 0.203 e. The molecule has 0 spiro atoms. The van der Waals surface area contributed by atoms with Crippen LogP contribution in [0.2, 0.25) is 0 Å². The van der Waals surface area contributed by atoms with E-state index in [0.29, 0.717) is 30.3 Å². The summed E-state index contributed by atoms with van der Waals surface area (Å²) < 4.78 is 12.1. The zero-order valence-electron chi connectivity index (χ0n) is 11.2. The van der Waals surface area contributed by atoms with Crippen LogP contribution in [0.5, 0.6) is 11.5 Å². The quantitative estimate of drug-likeness (QED) is 0.673. The Balaban J connectivity index is 1.73. The molecule has 3 nitrogen and oxygen atoms in total. The number of rotatable bonds is 2. The van der Waals surface area contributed by atoms with E-state index in [1.54, 1.807) is 18.2 Å². The first-order chi connectivity index (χ1) is 10.3. The van der Waals surface area contributed by atoms with Gasteiger partial charge in [0.1, 0.15) is 13.2 Å². The normalized spacial score (nSPS) is 13.3. The van der Waals surface area contributed by atoms with Crippen molar-refractivity contribution in [2.45, 2.75) is 0 Å². The maximum Gasteiger partial charge on any atom is 0.203 e. The molecule has 0 unspecified atom stereocenters. The molecule has 2 aromatic carbocycles. The number of fused-ring (bicyclic) bond motifs is 2. The Morgan fingerprint density at radius 1 is 0.952 bits per heavy atom. The van der Waals surface area contributed by atoms with Crippen molar-refractivity contribution in [1.82, 2.24) is 0 Å². The first-order valence-electron chi connectivity index (χ1n) is 6.74. The van der Waals surface area contributed by atoms with E-state index in [4.69, 9.17) is 9.47 Å². The number of hydrogen-bond acceptors (Lipinski definition) is 4. The topological polar surface area (TPSA) is 35.5 Å². The first-order valence-corrected chi connectivity index (χ1v) is 7.56. The van der Waals surface area contributed by atoms with Gasteiger partial charge >= 0.3 is 0 Å². The summed E-state index contributed by atoms with van der Waals surface area (Å²) in [5, 5.41) is 1.10. The fourth-order valence-electron chi connectivity index (χ4n) is 2.42. The fourth-order valence-corrected chi connectivity index (χ4v) is 3.45. The van der Waals surface area contributed by atoms with Gasteiger partial charge in [0.15, 0.2) is 11.5 Å². The van der Waals surface area contributed by atoms with Crippen LogP contribution < -0.4 is 9.47 Å². The summed E-state index contributed by atoms with van der Waals surface area (Å²) in [5.41, 5.74) is 0.630. The molecule has 2 heterocycles. The predicted molar refractivity (Wildman–Crippen MR) is 82.7 cm³/mol.